The number of fused-ring (bicyclic) bond motifs is 3. The second kappa shape index (κ2) is 10.7. The molecule has 3 N–H and O–H groups in total. The Morgan fingerprint density at radius 2 is 1.62 bits per heavy atom. The Morgan fingerprint density at radius 3 is 2.15 bits per heavy atom. The molecule has 1 fully saturated rings. The topological polar surface area (TPSA) is 105 Å². The highest BCUT2D eigenvalue weighted by Crippen LogP contribution is 2.44. The van der Waals surface area contributed by atoms with Gasteiger partial charge in [-0.25, -0.2) is 9.59 Å². The Balaban J connectivity index is 1.37. The van der Waals surface area contributed by atoms with Crippen LogP contribution in [0.15, 0.2) is 48.5 Å². The molecule has 4 rings (SSSR count). The van der Waals surface area contributed by atoms with E-state index in [2.05, 4.69) is 34.9 Å². The number of alkyl carbamates (subject to hydrolysis) is 1. The Labute approximate surface area is 199 Å². The van der Waals surface area contributed by atoms with Gasteiger partial charge < -0.3 is 20.5 Å². The first-order valence-corrected chi connectivity index (χ1v) is 12.1. The van der Waals surface area contributed by atoms with Crippen molar-refractivity contribution in [1.82, 2.24) is 10.6 Å². The van der Waals surface area contributed by atoms with E-state index in [-0.39, 0.29) is 36.8 Å². The van der Waals surface area contributed by atoms with Crippen LogP contribution < -0.4 is 10.6 Å². The number of carboxylic acids is 1. The molecule has 0 aromatic heterocycles. The van der Waals surface area contributed by atoms with E-state index in [4.69, 9.17) is 4.74 Å². The average molecular weight is 465 g/mol. The fourth-order valence-corrected chi connectivity index (χ4v) is 4.97. The maximum atomic E-state index is 12.7. The molecule has 2 aliphatic rings. The molecule has 2 amide bonds. The van der Waals surface area contributed by atoms with Gasteiger partial charge in [-0.2, -0.15) is 0 Å². The summed E-state index contributed by atoms with van der Waals surface area (Å²) < 4.78 is 5.65. The van der Waals surface area contributed by atoms with E-state index in [1.807, 2.05) is 31.2 Å². The maximum Gasteiger partial charge on any atom is 0.407 e. The molecule has 2 aromatic rings. The van der Waals surface area contributed by atoms with E-state index in [9.17, 15) is 19.5 Å². The van der Waals surface area contributed by atoms with Gasteiger partial charge in [0.05, 0.1) is 0 Å². The minimum Gasteiger partial charge on any atom is -0.480 e. The quantitative estimate of drug-likeness (QED) is 0.482. The smallest absolute Gasteiger partial charge is 0.407 e. The van der Waals surface area contributed by atoms with Crippen LogP contribution in [0.1, 0.15) is 62.5 Å². The lowest BCUT2D eigenvalue weighted by atomic mass is 9.78. The zero-order valence-electron chi connectivity index (χ0n) is 19.5. The highest BCUT2D eigenvalue weighted by Gasteiger charge is 2.33. The predicted molar refractivity (Wildman–Crippen MR) is 128 cm³/mol. The van der Waals surface area contributed by atoms with Gasteiger partial charge in [0.15, 0.2) is 0 Å². The van der Waals surface area contributed by atoms with Crippen LogP contribution in [0, 0.1) is 5.92 Å². The number of carbonyl (C=O) groups excluding carboxylic acids is 2. The van der Waals surface area contributed by atoms with Gasteiger partial charge in [-0.3, -0.25) is 4.79 Å². The van der Waals surface area contributed by atoms with Crippen molar-refractivity contribution in [2.24, 2.45) is 5.92 Å². The molecule has 1 unspecified atom stereocenters. The molecule has 1 saturated carbocycles. The second-order valence-corrected chi connectivity index (χ2v) is 9.22. The molecule has 0 saturated heterocycles. The number of amides is 2. The van der Waals surface area contributed by atoms with Crippen molar-refractivity contribution in [3.63, 3.8) is 0 Å². The average Bonchev–Trinajstić information content (AvgIpc) is 3.10. The van der Waals surface area contributed by atoms with E-state index >= 15 is 0 Å². The monoisotopic (exact) mass is 464 g/mol. The Morgan fingerprint density at radius 1 is 1.00 bits per heavy atom. The highest BCUT2D eigenvalue weighted by atomic mass is 16.5. The summed E-state index contributed by atoms with van der Waals surface area (Å²) in [5.74, 6) is -1.24. The molecule has 0 aliphatic heterocycles. The SMILES string of the molecule is CCC[C@@H](NC(=O)CC(NC(=O)OCC1c2ccccc2-c2ccccc21)C1CCC1)C(=O)O. The zero-order chi connectivity index (χ0) is 24.1. The molecule has 7 heteroatoms. The molecular formula is C27H32N2O5. The largest absolute Gasteiger partial charge is 0.480 e. The number of ether oxygens (including phenoxy) is 1. The molecule has 0 heterocycles. The van der Waals surface area contributed by atoms with Crippen molar-refractivity contribution in [1.29, 1.82) is 0 Å². The molecule has 180 valence electrons. The summed E-state index contributed by atoms with van der Waals surface area (Å²) in [5, 5.41) is 14.8. The fraction of sp³-hybridized carbons (Fsp3) is 0.444. The Hall–Kier alpha value is -3.35. The number of carbonyl (C=O) groups is 3. The molecular weight excluding hydrogens is 432 g/mol. The third-order valence-electron chi connectivity index (χ3n) is 6.98. The lowest BCUT2D eigenvalue weighted by molar-refractivity contribution is -0.142. The second-order valence-electron chi connectivity index (χ2n) is 9.22. The lowest BCUT2D eigenvalue weighted by Gasteiger charge is -2.34. The molecule has 2 aliphatic carbocycles. The molecule has 34 heavy (non-hydrogen) atoms. The lowest BCUT2D eigenvalue weighted by Crippen LogP contribution is -2.48. The number of aliphatic carboxylic acids is 1. The Bertz CT molecular complexity index is 1000. The summed E-state index contributed by atoms with van der Waals surface area (Å²) in [6, 6.07) is 15.0. The van der Waals surface area contributed by atoms with Crippen molar-refractivity contribution in [3.8, 4) is 11.1 Å². The first kappa shape index (κ1) is 23.8. The van der Waals surface area contributed by atoms with Gasteiger partial charge in [-0.1, -0.05) is 68.3 Å². The van der Waals surface area contributed by atoms with E-state index in [1.54, 1.807) is 0 Å². The van der Waals surface area contributed by atoms with Crippen molar-refractivity contribution >= 4 is 18.0 Å². The highest BCUT2D eigenvalue weighted by molar-refractivity contribution is 5.84. The van der Waals surface area contributed by atoms with Gasteiger partial charge in [0, 0.05) is 18.4 Å². The van der Waals surface area contributed by atoms with Gasteiger partial charge in [0.2, 0.25) is 5.91 Å². The first-order chi connectivity index (χ1) is 16.5. The number of hydrogen-bond donors (Lipinski definition) is 3. The number of carboxylic acid groups (broad SMARTS) is 1. The maximum absolute atomic E-state index is 12.7. The third kappa shape index (κ3) is 5.24. The molecule has 2 atom stereocenters. The Kier molecular flexibility index (Phi) is 7.50. The van der Waals surface area contributed by atoms with Gasteiger partial charge in [-0.15, -0.1) is 0 Å². The molecule has 0 spiro atoms. The zero-order valence-corrected chi connectivity index (χ0v) is 19.5. The van der Waals surface area contributed by atoms with Crippen LogP contribution in [-0.2, 0) is 14.3 Å². The van der Waals surface area contributed by atoms with Gasteiger partial charge in [-0.05, 0) is 47.4 Å². The normalized spacial score (nSPS) is 16.5. The van der Waals surface area contributed by atoms with Crippen LogP contribution in [0.4, 0.5) is 4.79 Å². The van der Waals surface area contributed by atoms with Crippen molar-refractivity contribution in [2.45, 2.75) is 63.5 Å². The van der Waals surface area contributed by atoms with Crippen molar-refractivity contribution < 1.29 is 24.2 Å². The number of benzene rings is 2. The number of hydrogen-bond acceptors (Lipinski definition) is 4. The minimum absolute atomic E-state index is 0.0334. The summed E-state index contributed by atoms with van der Waals surface area (Å²) >= 11 is 0. The van der Waals surface area contributed by atoms with Crippen LogP contribution in [0.25, 0.3) is 11.1 Å². The first-order valence-electron chi connectivity index (χ1n) is 12.1. The van der Waals surface area contributed by atoms with E-state index in [0.717, 1.165) is 41.5 Å². The van der Waals surface area contributed by atoms with Gasteiger partial charge >= 0.3 is 12.1 Å². The van der Waals surface area contributed by atoms with Crippen molar-refractivity contribution in [2.75, 3.05) is 6.61 Å². The fourth-order valence-electron chi connectivity index (χ4n) is 4.97. The van der Waals surface area contributed by atoms with E-state index in [1.165, 1.54) is 0 Å². The summed E-state index contributed by atoms with van der Waals surface area (Å²) in [4.78, 5) is 36.6. The van der Waals surface area contributed by atoms with E-state index < -0.39 is 18.1 Å². The van der Waals surface area contributed by atoms with Crippen LogP contribution in [0.2, 0.25) is 0 Å². The van der Waals surface area contributed by atoms with Crippen LogP contribution in [0.3, 0.4) is 0 Å². The van der Waals surface area contributed by atoms with Crippen LogP contribution in [-0.4, -0.2) is 41.8 Å². The molecule has 0 radical (unpaired) electrons. The predicted octanol–water partition coefficient (Wildman–Crippen LogP) is 4.45. The summed E-state index contributed by atoms with van der Waals surface area (Å²) in [6.45, 7) is 2.08. The minimum atomic E-state index is -1.04. The van der Waals surface area contributed by atoms with Gasteiger partial charge in [0.1, 0.15) is 12.6 Å². The van der Waals surface area contributed by atoms with E-state index in [0.29, 0.717) is 12.8 Å². The molecule has 7 nitrogen and oxygen atoms in total. The summed E-state index contributed by atoms with van der Waals surface area (Å²) in [5.41, 5.74) is 4.61. The van der Waals surface area contributed by atoms with Crippen LogP contribution >= 0.6 is 0 Å². The molecule has 2 aromatic carbocycles. The number of nitrogens with one attached hydrogen (secondary N) is 2. The van der Waals surface area contributed by atoms with Crippen LogP contribution in [0.5, 0.6) is 0 Å². The van der Waals surface area contributed by atoms with Gasteiger partial charge in [0.25, 0.3) is 0 Å². The standard InChI is InChI=1S/C27H32N2O5/c1-2-8-23(26(31)32)28-25(30)15-24(17-9-7-10-17)29-27(33)34-16-22-20-13-5-3-11-18(20)19-12-4-6-14-21(19)22/h3-6,11-14,17,22-24H,2,7-10,15-16H2,1H3,(H,28,30)(H,29,33)(H,31,32)/t23-,24?/m1/s1. The third-order valence-corrected chi connectivity index (χ3v) is 6.98. The van der Waals surface area contributed by atoms with Crippen molar-refractivity contribution in [3.05, 3.63) is 59.7 Å². The molecule has 0 bridgehead atoms. The summed E-state index contributed by atoms with van der Waals surface area (Å²) in [7, 11) is 0. The summed E-state index contributed by atoms with van der Waals surface area (Å²) in [6.07, 6.45) is 3.44. The number of rotatable bonds is 10.